The maximum atomic E-state index is 14.0. The second-order valence-electron chi connectivity index (χ2n) is 9.56. The van der Waals surface area contributed by atoms with Crippen molar-refractivity contribution in [3.63, 3.8) is 0 Å². The second-order valence-corrected chi connectivity index (χ2v) is 11.3. The van der Waals surface area contributed by atoms with Gasteiger partial charge in [0.2, 0.25) is 0 Å². The van der Waals surface area contributed by atoms with Crippen LogP contribution in [-0.2, 0) is 30.0 Å². The number of nitrogens with one attached hydrogen (secondary N) is 1. The lowest BCUT2D eigenvalue weighted by Gasteiger charge is -2.29. The lowest BCUT2D eigenvalue weighted by Crippen LogP contribution is -2.43. The highest BCUT2D eigenvalue weighted by Gasteiger charge is 2.50. The third-order valence-electron chi connectivity index (χ3n) is 6.60. The first-order valence-electron chi connectivity index (χ1n) is 13.0. The van der Waals surface area contributed by atoms with Crippen LogP contribution in [0.25, 0.3) is 11.2 Å². The van der Waals surface area contributed by atoms with Crippen LogP contribution >= 0.6 is 7.75 Å². The van der Waals surface area contributed by atoms with Gasteiger partial charge in [-0.15, -0.1) is 6.42 Å². The molecule has 5 atom stereocenters. The molecule has 14 heteroatoms. The van der Waals surface area contributed by atoms with Crippen molar-refractivity contribution in [3.8, 4) is 18.1 Å². The largest absolute Gasteiger partial charge is 0.460 e. The number of fused-ring (bicyclic) bond motifs is 1. The number of nitrogens with zero attached hydrogens (tertiary/aromatic N) is 4. The average Bonchev–Trinajstić information content (AvgIpc) is 3.58. The molecule has 0 radical (unpaired) electrons. The van der Waals surface area contributed by atoms with Gasteiger partial charge in [-0.3, -0.25) is 13.9 Å². The molecule has 1 aliphatic rings. The Balaban J connectivity index is 1.32. The monoisotopic (exact) mass is 592 g/mol. The molecule has 1 saturated heterocycles. The Morgan fingerprint density at radius 1 is 1.24 bits per heavy atom. The fraction of sp³-hybridized carbons (Fsp3) is 0.286. The van der Waals surface area contributed by atoms with Gasteiger partial charge in [-0.2, -0.15) is 5.09 Å². The minimum atomic E-state index is -4.30. The Labute approximate surface area is 241 Å². The van der Waals surface area contributed by atoms with E-state index >= 15 is 0 Å². The number of ether oxygens (including phenoxy) is 2. The van der Waals surface area contributed by atoms with Gasteiger partial charge in [-0.1, -0.05) is 54.5 Å². The number of hydrogen-bond acceptors (Lipinski definition) is 11. The van der Waals surface area contributed by atoms with Crippen molar-refractivity contribution in [2.24, 2.45) is 0 Å². The van der Waals surface area contributed by atoms with Crippen molar-refractivity contribution < 1.29 is 33.0 Å². The molecule has 0 amide bonds. The summed E-state index contributed by atoms with van der Waals surface area (Å²) in [5.41, 5.74) is 5.70. The molecule has 0 saturated carbocycles. The van der Waals surface area contributed by atoms with Crippen LogP contribution in [-0.4, -0.2) is 54.9 Å². The number of nitrogen functional groups attached to an aromatic ring is 1. The molecule has 3 heterocycles. The van der Waals surface area contributed by atoms with E-state index in [1.54, 1.807) is 34.9 Å². The molecule has 218 valence electrons. The number of para-hydroxylation sites is 1. The molecule has 1 fully saturated rings. The Morgan fingerprint density at radius 3 is 2.67 bits per heavy atom. The third-order valence-corrected chi connectivity index (χ3v) is 8.22. The molecule has 2 aromatic carbocycles. The smallest absolute Gasteiger partial charge is 0.459 e. The van der Waals surface area contributed by atoms with E-state index in [1.807, 2.05) is 30.3 Å². The fourth-order valence-corrected chi connectivity index (χ4v) is 5.86. The number of rotatable bonds is 11. The number of carbonyl (C=O) groups is 1. The van der Waals surface area contributed by atoms with Crippen LogP contribution in [0.4, 0.5) is 5.82 Å². The van der Waals surface area contributed by atoms with E-state index in [4.69, 9.17) is 30.7 Å². The van der Waals surface area contributed by atoms with Gasteiger partial charge in [-0.25, -0.2) is 19.5 Å². The molecule has 0 unspecified atom stereocenters. The topological polar surface area (TPSA) is 173 Å². The molecular formula is C28H29N6O7P. The summed E-state index contributed by atoms with van der Waals surface area (Å²) in [4.78, 5) is 25.1. The molecule has 0 bridgehead atoms. The lowest BCUT2D eigenvalue weighted by molar-refractivity contribution is -0.146. The van der Waals surface area contributed by atoms with Crippen molar-refractivity contribution in [2.75, 3.05) is 12.3 Å². The Bertz CT molecular complexity index is 1630. The van der Waals surface area contributed by atoms with Gasteiger partial charge < -0.3 is 24.8 Å². The van der Waals surface area contributed by atoms with Crippen LogP contribution in [0.3, 0.4) is 0 Å². The number of imidazole rings is 1. The third kappa shape index (κ3) is 6.28. The summed E-state index contributed by atoms with van der Waals surface area (Å²) in [5.74, 6) is 2.16. The first kappa shape index (κ1) is 29.2. The average molecular weight is 593 g/mol. The standard InChI is InChI=1S/C28H29N6O7P/c1-3-28(22(35)14-23(40-28)34-18-32-24-25(29)30-17-31-26(24)34)16-39-42(37,41-21-12-8-5-9-13-21)33-19(2)27(36)38-15-20-10-6-4-7-11-20/h1,4-13,17-19,22-23,35H,14-16H2,2H3,(H,33,37)(H2,29,30,31)/t19-,22-,23+,28+,42-/m0/s1. The second kappa shape index (κ2) is 12.3. The van der Waals surface area contributed by atoms with E-state index in [2.05, 4.69) is 26.0 Å². The van der Waals surface area contributed by atoms with Crippen LogP contribution in [0.15, 0.2) is 73.3 Å². The molecule has 4 N–H and O–H groups in total. The quantitative estimate of drug-likeness (QED) is 0.132. The minimum Gasteiger partial charge on any atom is -0.460 e. The van der Waals surface area contributed by atoms with Gasteiger partial charge in [0.1, 0.15) is 49.2 Å². The Kier molecular flexibility index (Phi) is 8.54. The van der Waals surface area contributed by atoms with Crippen LogP contribution in [0, 0.1) is 12.3 Å². The summed E-state index contributed by atoms with van der Waals surface area (Å²) in [7, 11) is -4.30. The lowest BCUT2D eigenvalue weighted by atomic mass is 9.99. The molecule has 5 rings (SSSR count). The zero-order valence-corrected chi connectivity index (χ0v) is 23.5. The van der Waals surface area contributed by atoms with Gasteiger partial charge in [-0.05, 0) is 24.6 Å². The highest BCUT2D eigenvalue weighted by Crippen LogP contribution is 2.48. The molecule has 2 aromatic heterocycles. The van der Waals surface area contributed by atoms with E-state index in [-0.39, 0.29) is 24.6 Å². The highest BCUT2D eigenvalue weighted by atomic mass is 31.2. The maximum absolute atomic E-state index is 14.0. The van der Waals surface area contributed by atoms with Crippen LogP contribution < -0.4 is 15.3 Å². The number of anilines is 1. The number of benzene rings is 2. The molecular weight excluding hydrogens is 563 g/mol. The zero-order chi connectivity index (χ0) is 29.7. The first-order valence-corrected chi connectivity index (χ1v) is 14.5. The molecule has 0 aliphatic carbocycles. The van der Waals surface area contributed by atoms with Crippen molar-refractivity contribution >= 4 is 30.7 Å². The molecule has 0 spiro atoms. The summed E-state index contributed by atoms with van der Waals surface area (Å²) in [5, 5.41) is 13.6. The number of aromatic nitrogens is 4. The minimum absolute atomic E-state index is 0.0253. The predicted octanol–water partition coefficient (Wildman–Crippen LogP) is 2.99. The van der Waals surface area contributed by atoms with E-state index in [9.17, 15) is 14.5 Å². The van der Waals surface area contributed by atoms with Gasteiger partial charge in [0.15, 0.2) is 17.1 Å². The van der Waals surface area contributed by atoms with E-state index < -0.39 is 44.3 Å². The van der Waals surface area contributed by atoms with Crippen LogP contribution in [0.5, 0.6) is 5.75 Å². The number of carbonyl (C=O) groups excluding carboxylic acids is 1. The summed E-state index contributed by atoms with van der Waals surface area (Å²) < 4.78 is 38.5. The summed E-state index contributed by atoms with van der Waals surface area (Å²) >= 11 is 0. The van der Waals surface area contributed by atoms with Gasteiger partial charge in [0, 0.05) is 6.42 Å². The number of nitrogens with two attached hydrogens (primary N) is 1. The summed E-state index contributed by atoms with van der Waals surface area (Å²) in [6.45, 7) is 0.939. The van der Waals surface area contributed by atoms with E-state index in [0.717, 1.165) is 5.56 Å². The number of esters is 1. The first-order chi connectivity index (χ1) is 20.2. The van der Waals surface area contributed by atoms with Gasteiger partial charge in [0.25, 0.3) is 0 Å². The van der Waals surface area contributed by atoms with E-state index in [1.165, 1.54) is 19.6 Å². The number of terminal acetylenes is 1. The molecule has 1 aliphatic heterocycles. The SMILES string of the molecule is C#C[C@]1(CO[P@@](=O)(N[C@@H](C)C(=O)OCc2ccccc2)Oc2ccccc2)O[C@@H](n2cnc3c(N)ncnc32)C[C@@H]1O. The summed E-state index contributed by atoms with van der Waals surface area (Å²) in [6, 6.07) is 16.3. The van der Waals surface area contributed by atoms with Gasteiger partial charge in [0.05, 0.1) is 6.33 Å². The number of aliphatic hydroxyl groups excluding tert-OH is 1. The predicted molar refractivity (Wildman–Crippen MR) is 152 cm³/mol. The number of hydrogen-bond donors (Lipinski definition) is 3. The van der Waals surface area contributed by atoms with E-state index in [0.29, 0.717) is 11.2 Å². The van der Waals surface area contributed by atoms with Crippen molar-refractivity contribution in [1.82, 2.24) is 24.6 Å². The van der Waals surface area contributed by atoms with Crippen molar-refractivity contribution in [2.45, 2.75) is 43.9 Å². The normalized spacial score (nSPS) is 22.2. The Morgan fingerprint density at radius 2 is 1.95 bits per heavy atom. The molecule has 42 heavy (non-hydrogen) atoms. The van der Waals surface area contributed by atoms with Crippen molar-refractivity contribution in [1.29, 1.82) is 0 Å². The fourth-order valence-electron chi connectivity index (χ4n) is 4.34. The van der Waals surface area contributed by atoms with Crippen LogP contribution in [0.1, 0.15) is 25.1 Å². The highest BCUT2D eigenvalue weighted by molar-refractivity contribution is 7.52. The van der Waals surface area contributed by atoms with Gasteiger partial charge >= 0.3 is 13.7 Å². The molecule has 4 aromatic rings. The number of aliphatic hydroxyl groups is 1. The van der Waals surface area contributed by atoms with Crippen molar-refractivity contribution in [3.05, 3.63) is 78.9 Å². The summed E-state index contributed by atoms with van der Waals surface area (Å²) in [6.07, 6.45) is 6.58. The molecule has 13 nitrogen and oxygen atoms in total. The maximum Gasteiger partial charge on any atom is 0.459 e. The zero-order valence-electron chi connectivity index (χ0n) is 22.6. The van der Waals surface area contributed by atoms with Crippen LogP contribution in [0.2, 0.25) is 0 Å². The Hall–Kier alpha value is -4.31.